The zero-order chi connectivity index (χ0) is 15.1. The minimum atomic E-state index is -1.15. The molecule has 0 aliphatic carbocycles. The number of carboxylic acid groups (broad SMARTS) is 1. The molecule has 0 fully saturated rings. The molecule has 0 aromatic carbocycles. The molecular formula is C13H22N4O3. The molecule has 1 aromatic rings. The van der Waals surface area contributed by atoms with Gasteiger partial charge in [-0.15, -0.1) is 0 Å². The summed E-state index contributed by atoms with van der Waals surface area (Å²) in [5, 5.41) is 15.6. The lowest BCUT2D eigenvalue weighted by atomic mass is 10.2. The molecule has 7 nitrogen and oxygen atoms in total. The Hall–Kier alpha value is -1.89. The van der Waals surface area contributed by atoms with Gasteiger partial charge in [-0.1, -0.05) is 13.8 Å². The number of carbonyl (C=O) groups is 2. The largest absolute Gasteiger partial charge is 0.477 e. The van der Waals surface area contributed by atoms with E-state index in [0.717, 1.165) is 26.1 Å². The number of carbonyl (C=O) groups excluding carboxylic acids is 1. The van der Waals surface area contributed by atoms with Crippen LogP contribution in [-0.4, -0.2) is 57.8 Å². The van der Waals surface area contributed by atoms with E-state index in [1.165, 1.54) is 17.9 Å². The van der Waals surface area contributed by atoms with E-state index >= 15 is 0 Å². The van der Waals surface area contributed by atoms with Crippen LogP contribution in [0.15, 0.2) is 6.20 Å². The predicted octanol–water partition coefficient (Wildman–Crippen LogP) is 0.580. The highest BCUT2D eigenvalue weighted by atomic mass is 16.4. The number of hydrogen-bond donors (Lipinski definition) is 2. The zero-order valence-corrected chi connectivity index (χ0v) is 12.2. The molecular weight excluding hydrogens is 260 g/mol. The molecule has 0 atom stereocenters. The van der Waals surface area contributed by atoms with Crippen LogP contribution in [0.4, 0.5) is 0 Å². The molecule has 1 aromatic heterocycles. The molecule has 0 unspecified atom stereocenters. The van der Waals surface area contributed by atoms with Gasteiger partial charge in [-0.25, -0.2) is 4.79 Å². The fourth-order valence-corrected chi connectivity index (χ4v) is 2.00. The van der Waals surface area contributed by atoms with Crippen LogP contribution in [0.1, 0.15) is 41.1 Å². The van der Waals surface area contributed by atoms with Gasteiger partial charge in [-0.2, -0.15) is 5.10 Å². The number of carboxylic acids is 1. The quantitative estimate of drug-likeness (QED) is 0.681. The van der Waals surface area contributed by atoms with Crippen LogP contribution in [0.2, 0.25) is 0 Å². The van der Waals surface area contributed by atoms with Crippen LogP contribution in [0.5, 0.6) is 0 Å². The van der Waals surface area contributed by atoms with Crippen LogP contribution in [-0.2, 0) is 7.05 Å². The molecule has 0 spiro atoms. The molecule has 0 saturated heterocycles. The molecule has 0 saturated carbocycles. The number of nitrogens with one attached hydrogen (secondary N) is 1. The van der Waals surface area contributed by atoms with Gasteiger partial charge in [0.05, 0.1) is 11.8 Å². The third-order valence-electron chi connectivity index (χ3n) is 3.22. The molecule has 0 radical (unpaired) electrons. The van der Waals surface area contributed by atoms with E-state index in [-0.39, 0.29) is 11.3 Å². The van der Waals surface area contributed by atoms with Crippen LogP contribution in [0.25, 0.3) is 0 Å². The molecule has 1 rings (SSSR count). The maximum absolute atomic E-state index is 11.9. The summed E-state index contributed by atoms with van der Waals surface area (Å²) in [5.41, 5.74) is 0.00841. The van der Waals surface area contributed by atoms with E-state index in [0.29, 0.717) is 6.54 Å². The second-order valence-corrected chi connectivity index (χ2v) is 4.47. The van der Waals surface area contributed by atoms with E-state index in [1.807, 2.05) is 0 Å². The molecule has 0 aliphatic rings. The van der Waals surface area contributed by atoms with Crippen molar-refractivity contribution in [2.75, 3.05) is 26.2 Å². The normalized spacial score (nSPS) is 10.8. The van der Waals surface area contributed by atoms with E-state index < -0.39 is 11.9 Å². The number of rotatable bonds is 8. The monoisotopic (exact) mass is 282 g/mol. The first-order valence-electron chi connectivity index (χ1n) is 6.77. The average molecular weight is 282 g/mol. The number of aryl methyl sites for hydroxylation is 1. The topological polar surface area (TPSA) is 87.5 Å². The Morgan fingerprint density at radius 3 is 2.60 bits per heavy atom. The third-order valence-corrected chi connectivity index (χ3v) is 3.22. The minimum absolute atomic E-state index is 0.0914. The van der Waals surface area contributed by atoms with Crippen LogP contribution < -0.4 is 5.32 Å². The summed E-state index contributed by atoms with van der Waals surface area (Å²) in [7, 11) is 1.50. The third kappa shape index (κ3) is 4.06. The Morgan fingerprint density at radius 2 is 2.05 bits per heavy atom. The van der Waals surface area contributed by atoms with E-state index in [2.05, 4.69) is 29.2 Å². The Morgan fingerprint density at radius 1 is 1.40 bits per heavy atom. The van der Waals surface area contributed by atoms with Gasteiger partial charge in [0.1, 0.15) is 0 Å². The summed E-state index contributed by atoms with van der Waals surface area (Å²) in [6.07, 6.45) is 2.11. The van der Waals surface area contributed by atoms with E-state index in [4.69, 9.17) is 5.11 Å². The lowest BCUT2D eigenvalue weighted by Crippen LogP contribution is -2.30. The number of nitrogens with zero attached hydrogens (tertiary/aromatic N) is 3. The smallest absolute Gasteiger partial charge is 0.354 e. The van der Waals surface area contributed by atoms with Crippen LogP contribution >= 0.6 is 0 Å². The van der Waals surface area contributed by atoms with Crippen molar-refractivity contribution in [3.05, 3.63) is 17.5 Å². The Bertz CT molecular complexity index is 466. The standard InChI is InChI=1S/C13H22N4O3/c1-4-17(5-2)8-6-7-14-12(18)10-9-15-16(3)11(10)13(19)20/h9H,4-8H2,1-3H3,(H,14,18)(H,19,20). The molecule has 112 valence electrons. The highest BCUT2D eigenvalue weighted by Crippen LogP contribution is 2.07. The van der Waals surface area contributed by atoms with Crippen molar-refractivity contribution < 1.29 is 14.7 Å². The van der Waals surface area contributed by atoms with Crippen molar-refractivity contribution in [2.45, 2.75) is 20.3 Å². The van der Waals surface area contributed by atoms with Crippen molar-refractivity contribution in [2.24, 2.45) is 7.05 Å². The highest BCUT2D eigenvalue weighted by Gasteiger charge is 2.20. The van der Waals surface area contributed by atoms with Gasteiger partial charge in [-0.05, 0) is 26.1 Å². The zero-order valence-electron chi connectivity index (χ0n) is 12.2. The lowest BCUT2D eigenvalue weighted by molar-refractivity contribution is 0.0679. The first-order chi connectivity index (χ1) is 9.51. The Kier molecular flexibility index (Phi) is 6.17. The van der Waals surface area contributed by atoms with Gasteiger partial charge in [-0.3, -0.25) is 9.48 Å². The van der Waals surface area contributed by atoms with Crippen molar-refractivity contribution in [3.63, 3.8) is 0 Å². The lowest BCUT2D eigenvalue weighted by Gasteiger charge is -2.17. The summed E-state index contributed by atoms with van der Waals surface area (Å²) in [6.45, 7) is 7.58. The van der Waals surface area contributed by atoms with Crippen LogP contribution in [0.3, 0.4) is 0 Å². The summed E-state index contributed by atoms with van der Waals surface area (Å²) in [4.78, 5) is 25.2. The van der Waals surface area contributed by atoms with Crippen LogP contribution in [0, 0.1) is 0 Å². The van der Waals surface area contributed by atoms with Gasteiger partial charge in [0.25, 0.3) is 5.91 Å². The van der Waals surface area contributed by atoms with Gasteiger partial charge in [0.2, 0.25) is 0 Å². The maximum atomic E-state index is 11.9. The Balaban J connectivity index is 2.50. The molecule has 1 amide bonds. The molecule has 1 heterocycles. The summed E-state index contributed by atoms with van der Waals surface area (Å²) in [6, 6.07) is 0. The second kappa shape index (κ2) is 7.64. The van der Waals surface area contributed by atoms with Gasteiger partial charge >= 0.3 is 5.97 Å². The fourth-order valence-electron chi connectivity index (χ4n) is 2.00. The molecule has 0 bridgehead atoms. The molecule has 7 heteroatoms. The summed E-state index contributed by atoms with van der Waals surface area (Å²) < 4.78 is 1.19. The first-order valence-corrected chi connectivity index (χ1v) is 6.77. The van der Waals surface area contributed by atoms with Gasteiger partial charge in [0, 0.05) is 13.6 Å². The Labute approximate surface area is 118 Å². The maximum Gasteiger partial charge on any atom is 0.354 e. The van der Waals surface area contributed by atoms with Crippen molar-refractivity contribution in [3.8, 4) is 0 Å². The predicted molar refractivity (Wildman–Crippen MR) is 74.9 cm³/mol. The van der Waals surface area contributed by atoms with Crippen molar-refractivity contribution in [1.82, 2.24) is 20.0 Å². The number of aromatic carboxylic acids is 1. The minimum Gasteiger partial charge on any atom is -0.477 e. The fraction of sp³-hybridized carbons (Fsp3) is 0.615. The summed E-state index contributed by atoms with van der Waals surface area (Å²) >= 11 is 0. The molecule has 2 N–H and O–H groups in total. The molecule has 0 aliphatic heterocycles. The summed E-state index contributed by atoms with van der Waals surface area (Å²) in [5.74, 6) is -1.55. The van der Waals surface area contributed by atoms with E-state index in [9.17, 15) is 9.59 Å². The molecule has 20 heavy (non-hydrogen) atoms. The highest BCUT2D eigenvalue weighted by molar-refractivity contribution is 6.03. The number of amides is 1. The SMILES string of the molecule is CCN(CC)CCCNC(=O)c1cnn(C)c1C(=O)O. The number of aromatic nitrogens is 2. The van der Waals surface area contributed by atoms with Gasteiger partial charge < -0.3 is 15.3 Å². The van der Waals surface area contributed by atoms with Crippen molar-refractivity contribution in [1.29, 1.82) is 0 Å². The average Bonchev–Trinajstić information content (AvgIpc) is 2.80. The van der Waals surface area contributed by atoms with E-state index in [1.54, 1.807) is 0 Å². The number of hydrogen-bond acceptors (Lipinski definition) is 4. The van der Waals surface area contributed by atoms with Crippen molar-refractivity contribution >= 4 is 11.9 Å². The van der Waals surface area contributed by atoms with Gasteiger partial charge in [0.15, 0.2) is 5.69 Å². The first kappa shape index (κ1) is 16.2. The second-order valence-electron chi connectivity index (χ2n) is 4.47.